The number of aromatic nitrogens is 6. The first-order valence-corrected chi connectivity index (χ1v) is 17.7. The molecule has 0 radical (unpaired) electrons. The van der Waals surface area contributed by atoms with E-state index in [1.165, 1.54) is 12.3 Å². The van der Waals surface area contributed by atoms with E-state index in [1.54, 1.807) is 0 Å². The van der Waals surface area contributed by atoms with Crippen molar-refractivity contribution in [3.8, 4) is 11.5 Å². The lowest BCUT2D eigenvalue weighted by atomic mass is 9.61. The molecule has 4 aromatic heterocycles. The molecule has 3 aliphatic rings. The van der Waals surface area contributed by atoms with Gasteiger partial charge in [0, 0.05) is 19.3 Å². The predicted molar refractivity (Wildman–Crippen MR) is 196 cm³/mol. The van der Waals surface area contributed by atoms with Crippen LogP contribution in [0.1, 0.15) is 42.4 Å². The van der Waals surface area contributed by atoms with E-state index < -0.39 is 17.3 Å². The number of hydrogen-bond acceptors (Lipinski definition) is 7. The Bertz CT molecular complexity index is 2310. The summed E-state index contributed by atoms with van der Waals surface area (Å²) >= 11 is 0. The number of carbonyl (C=O) groups excluding carboxylic acids is 1. The molecule has 3 aliphatic carbocycles. The van der Waals surface area contributed by atoms with Gasteiger partial charge in [-0.3, -0.25) is 10.0 Å². The fourth-order valence-corrected chi connectivity index (χ4v) is 8.90. The first-order chi connectivity index (χ1) is 25.5. The number of amides is 1. The maximum atomic E-state index is 15.3. The summed E-state index contributed by atoms with van der Waals surface area (Å²) in [6, 6.07) is 33.5. The maximum Gasteiger partial charge on any atom is 0.248 e. The maximum absolute atomic E-state index is 15.3. The van der Waals surface area contributed by atoms with Crippen LogP contribution in [-0.2, 0) is 17.4 Å². The van der Waals surface area contributed by atoms with E-state index in [4.69, 9.17) is 20.1 Å². The average Bonchev–Trinajstić information content (AvgIpc) is 3.77. The Kier molecular flexibility index (Phi) is 7.80. The number of aryl methyl sites for hydroxylation is 1. The molecular weight excluding hydrogens is 656 g/mol. The molecule has 0 saturated heterocycles. The molecule has 52 heavy (non-hydrogen) atoms. The topological polar surface area (TPSA) is 123 Å². The Morgan fingerprint density at radius 2 is 1.40 bits per heavy atom. The normalized spacial score (nSPS) is 20.0. The third kappa shape index (κ3) is 4.98. The standard InChI is InChI=1S/C41H37FN8O2/c1-49-22-21-31-36(44-34-26-19-17-25(18-20-26)33(34)40(51)48-52)45-37(46-39(31)49)35-32-23-30(42)24-43-38(32)50(47-35)41(27-11-5-2-6-12-27,28-13-7-3-8-14-28)29-15-9-4-10-16-29/h2-16,21-26,33-34,52H,17-20H2,1H3,(H,48,51)(H,44,45,46)/t25?,26?,33-,34-/m0/s1. The zero-order valence-corrected chi connectivity index (χ0v) is 28.5. The first-order valence-electron chi connectivity index (χ1n) is 17.7. The second kappa shape index (κ2) is 12.7. The predicted octanol–water partition coefficient (Wildman–Crippen LogP) is 7.08. The van der Waals surface area contributed by atoms with E-state index in [-0.39, 0.29) is 23.8 Å². The summed E-state index contributed by atoms with van der Waals surface area (Å²) in [6.45, 7) is 0. The number of hydrogen-bond donors (Lipinski definition) is 3. The Hall–Kier alpha value is -5.94. The molecule has 0 spiro atoms. The molecule has 2 bridgehead atoms. The summed E-state index contributed by atoms with van der Waals surface area (Å²) in [7, 11) is 1.91. The fourth-order valence-electron chi connectivity index (χ4n) is 8.90. The number of nitrogens with zero attached hydrogens (tertiary/aromatic N) is 6. The van der Waals surface area contributed by atoms with Crippen LogP contribution in [0.4, 0.5) is 10.2 Å². The van der Waals surface area contributed by atoms with Crippen LogP contribution in [0.3, 0.4) is 0 Å². The lowest BCUT2D eigenvalue weighted by Gasteiger charge is -2.47. The zero-order valence-electron chi connectivity index (χ0n) is 28.5. The molecule has 2 atom stereocenters. The number of rotatable bonds is 8. The fraction of sp³-hybridized carbons (Fsp3) is 0.244. The monoisotopic (exact) mass is 692 g/mol. The van der Waals surface area contributed by atoms with Gasteiger partial charge in [0.2, 0.25) is 5.91 Å². The van der Waals surface area contributed by atoms with Gasteiger partial charge in [0.1, 0.15) is 28.5 Å². The molecule has 3 N–H and O–H groups in total. The van der Waals surface area contributed by atoms with Crippen molar-refractivity contribution in [3.05, 3.63) is 138 Å². The second-order valence-corrected chi connectivity index (χ2v) is 14.0. The third-order valence-corrected chi connectivity index (χ3v) is 11.3. The van der Waals surface area contributed by atoms with E-state index in [9.17, 15) is 10.0 Å². The van der Waals surface area contributed by atoms with Gasteiger partial charge in [-0.25, -0.2) is 29.5 Å². The molecule has 1 amide bonds. The van der Waals surface area contributed by atoms with Crippen molar-refractivity contribution in [2.24, 2.45) is 24.8 Å². The number of pyridine rings is 1. The van der Waals surface area contributed by atoms with Crippen molar-refractivity contribution < 1.29 is 14.4 Å². The molecule has 7 aromatic rings. The quantitative estimate of drug-likeness (QED) is 0.0884. The SMILES string of the molecule is Cn1ccc2c(N[C@H]3C4CCC(CC4)[C@@H]3C(=O)NO)nc(-c3nn(C(c4ccccc4)(c4ccccc4)c4ccccc4)c4ncc(F)cc34)nc21. The number of benzene rings is 3. The highest BCUT2D eigenvalue weighted by Gasteiger charge is 2.48. The lowest BCUT2D eigenvalue weighted by molar-refractivity contribution is -0.139. The largest absolute Gasteiger partial charge is 0.366 e. The van der Waals surface area contributed by atoms with Crippen molar-refractivity contribution >= 4 is 33.8 Å². The smallest absolute Gasteiger partial charge is 0.248 e. The second-order valence-electron chi connectivity index (χ2n) is 14.0. The summed E-state index contributed by atoms with van der Waals surface area (Å²) < 4.78 is 19.1. The van der Waals surface area contributed by atoms with Gasteiger partial charge in [-0.15, -0.1) is 0 Å². The molecule has 3 saturated carbocycles. The molecule has 10 rings (SSSR count). The van der Waals surface area contributed by atoms with Crippen LogP contribution in [-0.4, -0.2) is 46.5 Å². The minimum Gasteiger partial charge on any atom is -0.366 e. The van der Waals surface area contributed by atoms with E-state index in [1.807, 2.05) is 88.6 Å². The number of fused-ring (bicyclic) bond motifs is 5. The summed E-state index contributed by atoms with van der Waals surface area (Å²) in [6.07, 6.45) is 7.02. The number of halogens is 1. The van der Waals surface area contributed by atoms with Crippen LogP contribution in [0, 0.1) is 23.6 Å². The Balaban J connectivity index is 1.30. The Labute approximate surface area is 299 Å². The van der Waals surface area contributed by atoms with Gasteiger partial charge in [-0.05, 0) is 66.3 Å². The summed E-state index contributed by atoms with van der Waals surface area (Å²) in [5.74, 6) is -0.0369. The number of carbonyl (C=O) groups is 1. The average molecular weight is 693 g/mol. The molecule has 4 heterocycles. The van der Waals surface area contributed by atoms with E-state index in [0.717, 1.165) is 47.8 Å². The molecule has 11 heteroatoms. The highest BCUT2D eigenvalue weighted by Crippen LogP contribution is 2.47. The molecule has 0 unspecified atom stereocenters. The Morgan fingerprint density at radius 1 is 0.808 bits per heavy atom. The van der Waals surface area contributed by atoms with Crippen LogP contribution in [0.25, 0.3) is 33.6 Å². The number of nitrogens with one attached hydrogen (secondary N) is 2. The van der Waals surface area contributed by atoms with Crippen LogP contribution in [0.5, 0.6) is 0 Å². The number of anilines is 1. The van der Waals surface area contributed by atoms with Crippen molar-refractivity contribution in [3.63, 3.8) is 0 Å². The van der Waals surface area contributed by atoms with Crippen molar-refractivity contribution in [2.75, 3.05) is 5.32 Å². The van der Waals surface area contributed by atoms with Crippen molar-refractivity contribution in [1.29, 1.82) is 0 Å². The molecule has 3 fully saturated rings. The van der Waals surface area contributed by atoms with Crippen LogP contribution in [0.2, 0.25) is 0 Å². The highest BCUT2D eigenvalue weighted by molar-refractivity contribution is 5.94. The van der Waals surface area contributed by atoms with Crippen LogP contribution < -0.4 is 10.8 Å². The molecule has 0 aliphatic heterocycles. The van der Waals surface area contributed by atoms with E-state index >= 15 is 4.39 Å². The van der Waals surface area contributed by atoms with Gasteiger partial charge in [0.25, 0.3) is 0 Å². The zero-order chi connectivity index (χ0) is 35.4. The number of hydroxylamine groups is 1. The van der Waals surface area contributed by atoms with Crippen molar-refractivity contribution in [2.45, 2.75) is 37.3 Å². The lowest BCUT2D eigenvalue weighted by Crippen LogP contribution is -2.54. The highest BCUT2D eigenvalue weighted by atomic mass is 19.1. The van der Waals surface area contributed by atoms with Gasteiger partial charge in [0.15, 0.2) is 11.5 Å². The summed E-state index contributed by atoms with van der Waals surface area (Å²) in [5.41, 5.74) is 5.22. The van der Waals surface area contributed by atoms with Crippen LogP contribution in [0.15, 0.2) is 116 Å². The molecule has 10 nitrogen and oxygen atoms in total. The minimum absolute atomic E-state index is 0.165. The molecular formula is C41H37FN8O2. The molecule has 260 valence electrons. The van der Waals surface area contributed by atoms with Gasteiger partial charge in [-0.1, -0.05) is 91.0 Å². The minimum atomic E-state index is -1.02. The summed E-state index contributed by atoms with van der Waals surface area (Å²) in [4.78, 5) is 27.9. The van der Waals surface area contributed by atoms with Crippen molar-refractivity contribution in [1.82, 2.24) is 34.8 Å². The summed E-state index contributed by atoms with van der Waals surface area (Å²) in [5, 5.41) is 19.9. The van der Waals surface area contributed by atoms with E-state index in [0.29, 0.717) is 34.0 Å². The van der Waals surface area contributed by atoms with E-state index in [2.05, 4.69) is 41.7 Å². The van der Waals surface area contributed by atoms with Gasteiger partial charge in [0.05, 0.1) is 22.9 Å². The van der Waals surface area contributed by atoms with Crippen LogP contribution >= 0.6 is 0 Å². The first kappa shape index (κ1) is 32.0. The molecule has 3 aromatic carbocycles. The third-order valence-electron chi connectivity index (χ3n) is 11.3. The van der Waals surface area contributed by atoms with Gasteiger partial charge in [-0.2, -0.15) is 5.10 Å². The van der Waals surface area contributed by atoms with Gasteiger partial charge >= 0.3 is 0 Å². The Morgan fingerprint density at radius 3 is 2.00 bits per heavy atom. The van der Waals surface area contributed by atoms with Gasteiger partial charge < -0.3 is 9.88 Å².